The van der Waals surface area contributed by atoms with Crippen LogP contribution in [0, 0.1) is 6.92 Å². The van der Waals surface area contributed by atoms with Gasteiger partial charge in [-0.15, -0.1) is 0 Å². The summed E-state index contributed by atoms with van der Waals surface area (Å²) in [6, 6.07) is 0.369. The summed E-state index contributed by atoms with van der Waals surface area (Å²) < 4.78 is 0. The molecule has 1 aromatic heterocycles. The van der Waals surface area contributed by atoms with E-state index in [1.807, 2.05) is 11.8 Å². The molecular weight excluding hydrogens is 282 g/mol. The third-order valence-electron chi connectivity index (χ3n) is 3.26. The van der Waals surface area contributed by atoms with Gasteiger partial charge in [0.1, 0.15) is 16.8 Å². The molecule has 1 aliphatic carbocycles. The maximum atomic E-state index is 11.1. The Morgan fingerprint density at radius 3 is 2.95 bits per heavy atom. The molecule has 1 aromatic rings. The Balaban J connectivity index is 2.09. The zero-order valence-electron chi connectivity index (χ0n) is 11.1. The molecule has 1 N–H and O–H groups in total. The molecule has 2 unspecified atom stereocenters. The van der Waals surface area contributed by atoms with Gasteiger partial charge in [0, 0.05) is 11.3 Å². The lowest BCUT2D eigenvalue weighted by Gasteiger charge is -2.15. The number of nitrogens with one attached hydrogen (secondary N) is 1. The van der Waals surface area contributed by atoms with Crippen LogP contribution in [0.5, 0.6) is 0 Å². The van der Waals surface area contributed by atoms with Crippen molar-refractivity contribution < 1.29 is 4.79 Å². The van der Waals surface area contributed by atoms with Gasteiger partial charge in [-0.05, 0) is 31.9 Å². The zero-order chi connectivity index (χ0) is 13.8. The molecule has 0 spiro atoms. The molecule has 1 saturated carbocycles. The Kier molecular flexibility index (Phi) is 5.05. The lowest BCUT2D eigenvalue weighted by molar-refractivity contribution is 0.112. The van der Waals surface area contributed by atoms with Crippen LogP contribution in [0.15, 0.2) is 0 Å². The summed E-state index contributed by atoms with van der Waals surface area (Å²) in [5, 5.41) is 4.28. The number of aryl methyl sites for hydroxylation is 1. The number of aromatic nitrogens is 2. The van der Waals surface area contributed by atoms with Crippen molar-refractivity contribution in [2.24, 2.45) is 0 Å². The summed E-state index contributed by atoms with van der Waals surface area (Å²) >= 11 is 7.97. The van der Waals surface area contributed by atoms with Gasteiger partial charge in [-0.2, -0.15) is 11.8 Å². The molecule has 1 aliphatic rings. The number of hydrogen-bond acceptors (Lipinski definition) is 5. The molecule has 2 rings (SSSR count). The van der Waals surface area contributed by atoms with Crippen molar-refractivity contribution in [3.8, 4) is 0 Å². The number of hydrogen-bond donors (Lipinski definition) is 1. The van der Waals surface area contributed by atoms with Crippen LogP contribution < -0.4 is 5.32 Å². The Morgan fingerprint density at radius 1 is 1.47 bits per heavy atom. The van der Waals surface area contributed by atoms with Crippen molar-refractivity contribution >= 4 is 35.5 Å². The summed E-state index contributed by atoms with van der Waals surface area (Å²) in [7, 11) is 0. The molecule has 4 nitrogen and oxygen atoms in total. The topological polar surface area (TPSA) is 54.9 Å². The van der Waals surface area contributed by atoms with Crippen LogP contribution in [0.1, 0.15) is 42.4 Å². The molecule has 1 fully saturated rings. The zero-order valence-corrected chi connectivity index (χ0v) is 12.7. The lowest BCUT2D eigenvalue weighted by atomic mass is 10.2. The van der Waals surface area contributed by atoms with Gasteiger partial charge in [0.25, 0.3) is 0 Å². The monoisotopic (exact) mass is 299 g/mol. The van der Waals surface area contributed by atoms with E-state index in [0.717, 1.165) is 24.9 Å². The minimum Gasteiger partial charge on any atom is -0.367 e. The van der Waals surface area contributed by atoms with Crippen LogP contribution >= 0.6 is 23.4 Å². The average molecular weight is 300 g/mol. The van der Waals surface area contributed by atoms with Gasteiger partial charge in [-0.3, -0.25) is 4.79 Å². The minimum absolute atomic E-state index is 0.225. The fourth-order valence-electron chi connectivity index (χ4n) is 2.41. The second kappa shape index (κ2) is 6.57. The van der Waals surface area contributed by atoms with Crippen molar-refractivity contribution in [2.75, 3.05) is 11.1 Å². The summed E-state index contributed by atoms with van der Waals surface area (Å²) in [5.74, 6) is 2.30. The Bertz CT molecular complexity index is 469. The van der Waals surface area contributed by atoms with Crippen LogP contribution in [0.4, 0.5) is 5.82 Å². The maximum Gasteiger partial charge on any atom is 0.156 e. The number of rotatable bonds is 5. The van der Waals surface area contributed by atoms with Gasteiger partial charge < -0.3 is 5.32 Å². The van der Waals surface area contributed by atoms with E-state index >= 15 is 0 Å². The highest BCUT2D eigenvalue weighted by Crippen LogP contribution is 2.32. The molecule has 1 heterocycles. The molecule has 2 atom stereocenters. The van der Waals surface area contributed by atoms with Gasteiger partial charge in [0.2, 0.25) is 0 Å². The van der Waals surface area contributed by atoms with E-state index in [2.05, 4.69) is 22.2 Å². The smallest absolute Gasteiger partial charge is 0.156 e. The van der Waals surface area contributed by atoms with Crippen molar-refractivity contribution in [3.63, 3.8) is 0 Å². The second-order valence-electron chi connectivity index (χ2n) is 4.67. The number of aldehydes is 1. The fourth-order valence-corrected chi connectivity index (χ4v) is 3.81. The third kappa shape index (κ3) is 3.60. The summed E-state index contributed by atoms with van der Waals surface area (Å²) in [6.07, 6.45) is 4.15. The average Bonchev–Trinajstić information content (AvgIpc) is 2.76. The van der Waals surface area contributed by atoms with Gasteiger partial charge >= 0.3 is 0 Å². The molecule has 19 heavy (non-hydrogen) atoms. The number of carbonyl (C=O) groups is 1. The van der Waals surface area contributed by atoms with E-state index in [4.69, 9.17) is 11.6 Å². The highest BCUT2D eigenvalue weighted by Gasteiger charge is 2.25. The number of anilines is 1. The third-order valence-corrected chi connectivity index (χ3v) is 4.78. The van der Waals surface area contributed by atoms with Gasteiger partial charge in [-0.1, -0.05) is 18.5 Å². The standard InChI is InChI=1S/C13H18ClN3OS/c1-3-19-10-5-4-9(6-10)17-13-11(7-18)12(14)15-8(2)16-13/h7,9-10H,3-6H2,1-2H3,(H,15,16,17). The largest absolute Gasteiger partial charge is 0.367 e. The van der Waals surface area contributed by atoms with Crippen molar-refractivity contribution in [1.82, 2.24) is 9.97 Å². The first-order valence-electron chi connectivity index (χ1n) is 6.51. The van der Waals surface area contributed by atoms with E-state index in [1.165, 1.54) is 6.42 Å². The molecule has 6 heteroatoms. The summed E-state index contributed by atoms with van der Waals surface area (Å²) in [6.45, 7) is 3.96. The van der Waals surface area contributed by atoms with Crippen LogP contribution in [0.3, 0.4) is 0 Å². The molecule has 0 radical (unpaired) electrons. The number of halogens is 1. The summed E-state index contributed by atoms with van der Waals surface area (Å²) in [4.78, 5) is 19.4. The number of thioether (sulfide) groups is 1. The van der Waals surface area contributed by atoms with Crippen molar-refractivity contribution in [3.05, 3.63) is 16.5 Å². The molecule has 0 bridgehead atoms. The predicted molar refractivity (Wildman–Crippen MR) is 80.3 cm³/mol. The van der Waals surface area contributed by atoms with Crippen LogP contribution in [-0.2, 0) is 0 Å². The molecule has 104 valence electrons. The van der Waals surface area contributed by atoms with Crippen molar-refractivity contribution in [2.45, 2.75) is 44.4 Å². The van der Waals surface area contributed by atoms with Crippen LogP contribution in [0.2, 0.25) is 5.15 Å². The first kappa shape index (κ1) is 14.6. The second-order valence-corrected chi connectivity index (χ2v) is 6.61. The van der Waals surface area contributed by atoms with E-state index < -0.39 is 0 Å². The van der Waals surface area contributed by atoms with Gasteiger partial charge in [0.05, 0.1) is 5.56 Å². The Labute approximate surface area is 122 Å². The van der Waals surface area contributed by atoms with Crippen molar-refractivity contribution in [1.29, 1.82) is 0 Å². The highest BCUT2D eigenvalue weighted by atomic mass is 35.5. The SMILES string of the molecule is CCSC1CCC(Nc2nc(C)nc(Cl)c2C=O)C1. The van der Waals surface area contributed by atoms with E-state index in [1.54, 1.807) is 6.92 Å². The predicted octanol–water partition coefficient (Wildman–Crippen LogP) is 3.34. The molecule has 0 aromatic carbocycles. The number of carbonyl (C=O) groups excluding carboxylic acids is 1. The quantitative estimate of drug-likeness (QED) is 0.667. The molecule has 0 amide bonds. The fraction of sp³-hybridized carbons (Fsp3) is 0.615. The first-order valence-corrected chi connectivity index (χ1v) is 7.94. The normalized spacial score (nSPS) is 22.5. The van der Waals surface area contributed by atoms with Crippen LogP contribution in [-0.4, -0.2) is 33.3 Å². The Hall–Kier alpha value is -0.810. The van der Waals surface area contributed by atoms with Gasteiger partial charge in [0.15, 0.2) is 6.29 Å². The molecule has 0 aliphatic heterocycles. The highest BCUT2D eigenvalue weighted by molar-refractivity contribution is 7.99. The van der Waals surface area contributed by atoms with Crippen LogP contribution in [0.25, 0.3) is 0 Å². The molecule has 0 saturated heterocycles. The molecular formula is C13H18ClN3OS. The van der Waals surface area contributed by atoms with E-state index in [-0.39, 0.29) is 5.15 Å². The minimum atomic E-state index is 0.225. The summed E-state index contributed by atoms with van der Waals surface area (Å²) in [5.41, 5.74) is 0.360. The van der Waals surface area contributed by atoms with E-state index in [0.29, 0.717) is 28.5 Å². The van der Waals surface area contributed by atoms with Gasteiger partial charge in [-0.25, -0.2) is 9.97 Å². The maximum absolute atomic E-state index is 11.1. The Morgan fingerprint density at radius 2 is 2.26 bits per heavy atom. The van der Waals surface area contributed by atoms with E-state index in [9.17, 15) is 4.79 Å². The number of nitrogens with zero attached hydrogens (tertiary/aromatic N) is 2. The first-order chi connectivity index (χ1) is 9.13. The lowest BCUT2D eigenvalue weighted by Crippen LogP contribution is -2.19.